The minimum atomic E-state index is 0.279. The molecule has 0 aromatic carbocycles. The Labute approximate surface area is 123 Å². The van der Waals surface area contributed by atoms with E-state index in [1.54, 1.807) is 0 Å². The molecule has 1 aliphatic rings. The molecule has 2 rings (SSSR count). The molecule has 102 valence electrons. The highest BCUT2D eigenvalue weighted by molar-refractivity contribution is 7.20. The van der Waals surface area contributed by atoms with Crippen LogP contribution in [0.4, 0.5) is 0 Å². The van der Waals surface area contributed by atoms with Crippen LogP contribution in [-0.2, 0) is 0 Å². The van der Waals surface area contributed by atoms with Gasteiger partial charge in [-0.05, 0) is 64.0 Å². The summed E-state index contributed by atoms with van der Waals surface area (Å²) < 4.78 is 1.58. The topological polar surface area (TPSA) is 15.3 Å². The summed E-state index contributed by atoms with van der Waals surface area (Å²) in [7, 11) is 2.19. The third-order valence-electron chi connectivity index (χ3n) is 3.70. The molecule has 1 N–H and O–H groups in total. The smallest absolute Gasteiger partial charge is 0.0991 e. The summed E-state index contributed by atoms with van der Waals surface area (Å²) in [6, 6.07) is 2.25. The van der Waals surface area contributed by atoms with Crippen LogP contribution in [-0.4, -0.2) is 31.6 Å². The first-order valence-corrected chi connectivity index (χ1v) is 8.00. The van der Waals surface area contributed by atoms with E-state index >= 15 is 0 Å². The van der Waals surface area contributed by atoms with E-state index < -0.39 is 0 Å². The standard InChI is InChI=1S/C13H20Cl2N2S/c1-9(11-7-12(14)18-13(11)15)16-8-10-3-5-17(2)6-4-10/h7,9-10,16H,3-6,8H2,1-2H3. The van der Waals surface area contributed by atoms with Crippen molar-refractivity contribution in [3.05, 3.63) is 20.3 Å². The number of likely N-dealkylation sites (tertiary alicyclic amines) is 1. The molecule has 1 atom stereocenters. The SMILES string of the molecule is CC(NCC1CCN(C)CC1)c1cc(Cl)sc1Cl. The zero-order valence-electron chi connectivity index (χ0n) is 10.9. The van der Waals surface area contributed by atoms with E-state index in [-0.39, 0.29) is 6.04 Å². The van der Waals surface area contributed by atoms with Gasteiger partial charge in [-0.3, -0.25) is 0 Å². The van der Waals surface area contributed by atoms with Gasteiger partial charge in [0.05, 0.1) is 8.67 Å². The lowest BCUT2D eigenvalue weighted by Gasteiger charge is -2.29. The van der Waals surface area contributed by atoms with E-state index in [2.05, 4.69) is 24.2 Å². The van der Waals surface area contributed by atoms with E-state index in [4.69, 9.17) is 23.2 Å². The number of piperidine rings is 1. The van der Waals surface area contributed by atoms with Crippen LogP contribution in [0.3, 0.4) is 0 Å². The molecule has 1 aromatic heterocycles. The Morgan fingerprint density at radius 1 is 1.44 bits per heavy atom. The van der Waals surface area contributed by atoms with Crippen molar-refractivity contribution in [2.75, 3.05) is 26.7 Å². The molecule has 0 aliphatic carbocycles. The largest absolute Gasteiger partial charge is 0.310 e. The van der Waals surface area contributed by atoms with Crippen LogP contribution in [0, 0.1) is 5.92 Å². The van der Waals surface area contributed by atoms with Crippen LogP contribution in [0.15, 0.2) is 6.07 Å². The normalized spacial score (nSPS) is 20.2. The van der Waals surface area contributed by atoms with Crippen LogP contribution in [0.2, 0.25) is 8.67 Å². The van der Waals surface area contributed by atoms with Gasteiger partial charge in [0, 0.05) is 6.04 Å². The lowest BCUT2D eigenvalue weighted by Crippen LogP contribution is -2.35. The van der Waals surface area contributed by atoms with Crippen LogP contribution in [0.25, 0.3) is 0 Å². The highest BCUT2D eigenvalue weighted by Crippen LogP contribution is 2.34. The monoisotopic (exact) mass is 306 g/mol. The van der Waals surface area contributed by atoms with Gasteiger partial charge in [-0.1, -0.05) is 23.2 Å². The van der Waals surface area contributed by atoms with Crippen molar-refractivity contribution >= 4 is 34.5 Å². The van der Waals surface area contributed by atoms with Gasteiger partial charge in [0.25, 0.3) is 0 Å². The molecule has 5 heteroatoms. The zero-order chi connectivity index (χ0) is 13.1. The van der Waals surface area contributed by atoms with Crippen molar-refractivity contribution in [3.63, 3.8) is 0 Å². The maximum absolute atomic E-state index is 6.17. The molecule has 1 aromatic rings. The number of rotatable bonds is 4. The number of hydrogen-bond acceptors (Lipinski definition) is 3. The summed E-state index contributed by atoms with van der Waals surface area (Å²) in [5.74, 6) is 0.788. The average Bonchev–Trinajstić information content (AvgIpc) is 2.67. The number of nitrogens with zero attached hydrogens (tertiary/aromatic N) is 1. The van der Waals surface area contributed by atoms with Gasteiger partial charge in [0.15, 0.2) is 0 Å². The Morgan fingerprint density at radius 2 is 2.11 bits per heavy atom. The zero-order valence-corrected chi connectivity index (χ0v) is 13.2. The summed E-state index contributed by atoms with van der Waals surface area (Å²) in [6.07, 6.45) is 2.57. The second-order valence-electron chi connectivity index (χ2n) is 5.16. The Bertz CT molecular complexity index is 386. The van der Waals surface area contributed by atoms with Crippen LogP contribution >= 0.6 is 34.5 Å². The minimum absolute atomic E-state index is 0.279. The first-order valence-electron chi connectivity index (χ1n) is 6.43. The third kappa shape index (κ3) is 3.84. The summed E-state index contributed by atoms with van der Waals surface area (Å²) in [4.78, 5) is 2.40. The fraction of sp³-hybridized carbons (Fsp3) is 0.692. The second-order valence-corrected chi connectivity index (χ2v) is 7.44. The van der Waals surface area contributed by atoms with E-state index in [0.29, 0.717) is 0 Å². The second kappa shape index (κ2) is 6.58. The number of thiophene rings is 1. The van der Waals surface area contributed by atoms with E-state index in [1.807, 2.05) is 6.07 Å². The maximum atomic E-state index is 6.17. The lowest BCUT2D eigenvalue weighted by molar-refractivity contribution is 0.213. The minimum Gasteiger partial charge on any atom is -0.310 e. The third-order valence-corrected chi connectivity index (χ3v) is 5.22. The quantitative estimate of drug-likeness (QED) is 0.903. The highest BCUT2D eigenvalue weighted by Gasteiger charge is 2.18. The summed E-state index contributed by atoms with van der Waals surface area (Å²) in [5.41, 5.74) is 1.12. The van der Waals surface area contributed by atoms with Gasteiger partial charge in [-0.2, -0.15) is 0 Å². The van der Waals surface area contributed by atoms with Gasteiger partial charge in [-0.25, -0.2) is 0 Å². The molecule has 0 radical (unpaired) electrons. The molecular weight excluding hydrogens is 287 g/mol. The first-order chi connectivity index (χ1) is 8.56. The highest BCUT2D eigenvalue weighted by atomic mass is 35.5. The van der Waals surface area contributed by atoms with Crippen molar-refractivity contribution in [2.24, 2.45) is 5.92 Å². The van der Waals surface area contributed by atoms with Crippen molar-refractivity contribution in [3.8, 4) is 0 Å². The molecular formula is C13H20Cl2N2S. The van der Waals surface area contributed by atoms with E-state index in [0.717, 1.165) is 26.7 Å². The molecule has 0 saturated carbocycles. The van der Waals surface area contributed by atoms with E-state index in [1.165, 1.54) is 37.3 Å². The van der Waals surface area contributed by atoms with Crippen molar-refractivity contribution in [1.82, 2.24) is 10.2 Å². The van der Waals surface area contributed by atoms with Crippen molar-refractivity contribution in [2.45, 2.75) is 25.8 Å². The molecule has 0 amide bonds. The summed E-state index contributed by atoms with van der Waals surface area (Å²) >= 11 is 13.6. The Hall–Kier alpha value is 0.200. The molecule has 1 unspecified atom stereocenters. The summed E-state index contributed by atoms with van der Waals surface area (Å²) in [6.45, 7) is 5.65. The fourth-order valence-electron chi connectivity index (χ4n) is 2.37. The van der Waals surface area contributed by atoms with Crippen molar-refractivity contribution < 1.29 is 0 Å². The Morgan fingerprint density at radius 3 is 2.67 bits per heavy atom. The Kier molecular flexibility index (Phi) is 5.34. The van der Waals surface area contributed by atoms with Crippen LogP contribution < -0.4 is 5.32 Å². The predicted octanol–water partition coefficient (Wildman–Crippen LogP) is 4.05. The molecule has 18 heavy (non-hydrogen) atoms. The first kappa shape index (κ1) is 14.6. The molecule has 1 saturated heterocycles. The molecule has 0 bridgehead atoms. The molecule has 0 spiro atoms. The fourth-order valence-corrected chi connectivity index (χ4v) is 4.01. The number of halogens is 2. The predicted molar refractivity (Wildman–Crippen MR) is 81.0 cm³/mol. The molecule has 2 heterocycles. The molecule has 2 nitrogen and oxygen atoms in total. The van der Waals surface area contributed by atoms with Gasteiger partial charge in [0.2, 0.25) is 0 Å². The number of nitrogens with one attached hydrogen (secondary N) is 1. The average molecular weight is 307 g/mol. The number of hydrogen-bond donors (Lipinski definition) is 1. The van der Waals surface area contributed by atoms with Gasteiger partial charge in [-0.15, -0.1) is 11.3 Å². The maximum Gasteiger partial charge on any atom is 0.0991 e. The van der Waals surface area contributed by atoms with E-state index in [9.17, 15) is 0 Å². The van der Waals surface area contributed by atoms with Crippen molar-refractivity contribution in [1.29, 1.82) is 0 Å². The van der Waals surface area contributed by atoms with Gasteiger partial charge < -0.3 is 10.2 Å². The van der Waals surface area contributed by atoms with Crippen LogP contribution in [0.5, 0.6) is 0 Å². The van der Waals surface area contributed by atoms with Crippen LogP contribution in [0.1, 0.15) is 31.4 Å². The molecule has 1 fully saturated rings. The summed E-state index contributed by atoms with van der Waals surface area (Å²) in [5, 5.41) is 3.58. The Balaban J connectivity index is 1.81. The molecule has 1 aliphatic heterocycles. The van der Waals surface area contributed by atoms with Gasteiger partial charge in [0.1, 0.15) is 0 Å². The lowest BCUT2D eigenvalue weighted by atomic mass is 9.96. The van der Waals surface area contributed by atoms with Gasteiger partial charge >= 0.3 is 0 Å².